The van der Waals surface area contributed by atoms with Crippen molar-refractivity contribution in [2.45, 2.75) is 31.7 Å². The Hall–Kier alpha value is -0.340. The molecule has 8 heteroatoms. The van der Waals surface area contributed by atoms with E-state index >= 15 is 0 Å². The lowest BCUT2D eigenvalue weighted by molar-refractivity contribution is -0.0447. The number of hydrogen-bond acceptors (Lipinski definition) is 3. The highest BCUT2D eigenvalue weighted by molar-refractivity contribution is 7.90. The molecule has 0 bridgehead atoms. The third kappa shape index (κ3) is 7.57. The molecule has 0 aliphatic carbocycles. The second-order valence-corrected chi connectivity index (χ2v) is 4.31. The highest BCUT2D eigenvalue weighted by Crippen LogP contribution is 2.21. The second kappa shape index (κ2) is 7.89. The summed E-state index contributed by atoms with van der Waals surface area (Å²) >= 11 is 0. The fourth-order valence-electron chi connectivity index (χ4n) is 0.663. The zero-order valence-corrected chi connectivity index (χ0v) is 9.45. The highest BCUT2D eigenvalue weighted by Gasteiger charge is 2.45. The first-order chi connectivity index (χ1) is 6.81. The van der Waals surface area contributed by atoms with E-state index in [1.165, 1.54) is 4.72 Å². The molecule has 0 saturated heterocycles. The van der Waals surface area contributed by atoms with E-state index < -0.39 is 15.5 Å². The quantitative estimate of drug-likeness (QED) is 0.722. The topological polar surface area (TPSA) is 66.4 Å². The van der Waals surface area contributed by atoms with Crippen LogP contribution in [0.3, 0.4) is 0 Å². The zero-order chi connectivity index (χ0) is 12.5. The second-order valence-electron chi connectivity index (χ2n) is 2.55. The van der Waals surface area contributed by atoms with Gasteiger partial charge in [0, 0.05) is 13.7 Å². The molecule has 0 heterocycles. The minimum absolute atomic E-state index is 0.157. The zero-order valence-electron chi connectivity index (χ0n) is 8.63. The van der Waals surface area contributed by atoms with Gasteiger partial charge in [0.15, 0.2) is 0 Å². The normalized spacial score (nSPS) is 11.9. The van der Waals surface area contributed by atoms with Crippen LogP contribution in [0, 0.1) is 0 Å². The fraction of sp³-hybridized carbons (Fsp3) is 1.00. The van der Waals surface area contributed by atoms with E-state index in [0.29, 0.717) is 12.8 Å². The number of nitrogens with one attached hydrogen (secondary N) is 1. The van der Waals surface area contributed by atoms with Crippen molar-refractivity contribution in [1.82, 2.24) is 4.72 Å². The lowest BCUT2D eigenvalue weighted by atomic mass is 10.3. The molecular weight excluding hydrogens is 235 g/mol. The van der Waals surface area contributed by atoms with E-state index in [4.69, 9.17) is 5.11 Å². The molecule has 0 radical (unpaired) electrons. The predicted octanol–water partition coefficient (Wildman–Crippen LogP) is 1.22. The van der Waals surface area contributed by atoms with E-state index in [1.807, 2.05) is 6.92 Å². The molecule has 0 rings (SSSR count). The summed E-state index contributed by atoms with van der Waals surface area (Å²) in [7, 11) is -4.13. The SMILES string of the molecule is CCCCCNS(=O)(=O)C(F)(F)F.CO. The third-order valence-electron chi connectivity index (χ3n) is 1.38. The van der Waals surface area contributed by atoms with Gasteiger partial charge in [0.05, 0.1) is 0 Å². The van der Waals surface area contributed by atoms with Gasteiger partial charge in [0.2, 0.25) is 0 Å². The first-order valence-corrected chi connectivity index (χ1v) is 5.80. The molecule has 0 unspecified atom stereocenters. The van der Waals surface area contributed by atoms with Crippen molar-refractivity contribution in [3.63, 3.8) is 0 Å². The number of aliphatic hydroxyl groups excluding tert-OH is 1. The van der Waals surface area contributed by atoms with Crippen LogP contribution < -0.4 is 4.72 Å². The number of unbranched alkanes of at least 4 members (excludes halogenated alkanes) is 2. The average molecular weight is 251 g/mol. The Bertz CT molecular complexity index is 238. The highest BCUT2D eigenvalue weighted by atomic mass is 32.2. The number of aliphatic hydroxyl groups is 1. The van der Waals surface area contributed by atoms with Crippen LogP contribution in [-0.4, -0.2) is 32.7 Å². The summed E-state index contributed by atoms with van der Waals surface area (Å²) in [5.41, 5.74) is -5.20. The summed E-state index contributed by atoms with van der Waals surface area (Å²) in [6.45, 7) is 1.72. The van der Waals surface area contributed by atoms with Gasteiger partial charge in [0.25, 0.3) is 0 Å². The van der Waals surface area contributed by atoms with Gasteiger partial charge in [-0.25, -0.2) is 13.1 Å². The molecular formula is C7H16F3NO3S. The molecule has 0 aromatic heterocycles. The number of rotatable bonds is 5. The average Bonchev–Trinajstić information content (AvgIpc) is 2.14. The summed E-state index contributed by atoms with van der Waals surface area (Å²) < 4.78 is 57.3. The molecule has 0 amide bonds. The van der Waals surface area contributed by atoms with E-state index in [9.17, 15) is 21.6 Å². The molecule has 4 nitrogen and oxygen atoms in total. The van der Waals surface area contributed by atoms with Gasteiger partial charge in [-0.05, 0) is 6.42 Å². The number of alkyl halides is 3. The maximum atomic E-state index is 11.7. The molecule has 0 aromatic carbocycles. The summed E-state index contributed by atoms with van der Waals surface area (Å²) in [6.07, 6.45) is 1.96. The van der Waals surface area contributed by atoms with Crippen LogP contribution >= 0.6 is 0 Å². The summed E-state index contributed by atoms with van der Waals surface area (Å²) in [4.78, 5) is 0. The lowest BCUT2D eigenvalue weighted by Crippen LogP contribution is -2.36. The van der Waals surface area contributed by atoms with Crippen LogP contribution in [0.25, 0.3) is 0 Å². The summed E-state index contributed by atoms with van der Waals surface area (Å²) in [5.74, 6) is 0. The van der Waals surface area contributed by atoms with Crippen molar-refractivity contribution in [2.75, 3.05) is 13.7 Å². The Morgan fingerprint density at radius 1 is 1.20 bits per heavy atom. The summed E-state index contributed by atoms with van der Waals surface area (Å²) in [6, 6.07) is 0. The molecule has 0 fully saturated rings. The van der Waals surface area contributed by atoms with Gasteiger partial charge in [-0.2, -0.15) is 13.2 Å². The van der Waals surface area contributed by atoms with E-state index in [-0.39, 0.29) is 6.54 Å². The minimum atomic E-state index is -5.20. The van der Waals surface area contributed by atoms with Gasteiger partial charge in [0.1, 0.15) is 0 Å². The Balaban J connectivity index is 0. The van der Waals surface area contributed by atoms with E-state index in [2.05, 4.69) is 0 Å². The van der Waals surface area contributed by atoms with Crippen LogP contribution in [0.1, 0.15) is 26.2 Å². The van der Waals surface area contributed by atoms with E-state index in [0.717, 1.165) is 13.5 Å². The van der Waals surface area contributed by atoms with Crippen LogP contribution in [0.2, 0.25) is 0 Å². The largest absolute Gasteiger partial charge is 0.511 e. The maximum absolute atomic E-state index is 11.7. The molecule has 0 spiro atoms. The molecule has 0 aliphatic heterocycles. The molecule has 0 saturated carbocycles. The van der Waals surface area contributed by atoms with Crippen molar-refractivity contribution in [1.29, 1.82) is 0 Å². The fourth-order valence-corrected chi connectivity index (χ4v) is 1.24. The molecule has 2 N–H and O–H groups in total. The van der Waals surface area contributed by atoms with Crippen LogP contribution in [0.15, 0.2) is 0 Å². The first kappa shape index (κ1) is 17.1. The van der Waals surface area contributed by atoms with Gasteiger partial charge in [-0.1, -0.05) is 19.8 Å². The van der Waals surface area contributed by atoms with Crippen LogP contribution in [0.5, 0.6) is 0 Å². The van der Waals surface area contributed by atoms with Gasteiger partial charge < -0.3 is 5.11 Å². The minimum Gasteiger partial charge on any atom is -0.400 e. The predicted molar refractivity (Wildman–Crippen MR) is 50.6 cm³/mol. The Morgan fingerprint density at radius 3 is 2.00 bits per heavy atom. The Kier molecular flexibility index (Phi) is 8.98. The summed E-state index contributed by atoms with van der Waals surface area (Å²) in [5, 5.41) is 7.00. The molecule has 94 valence electrons. The Labute approximate surface area is 87.5 Å². The van der Waals surface area contributed by atoms with Gasteiger partial charge >= 0.3 is 15.5 Å². The third-order valence-corrected chi connectivity index (χ3v) is 2.57. The number of halogens is 3. The van der Waals surface area contributed by atoms with Crippen molar-refractivity contribution in [3.05, 3.63) is 0 Å². The maximum Gasteiger partial charge on any atom is 0.511 e. The lowest BCUT2D eigenvalue weighted by Gasteiger charge is -2.08. The molecule has 0 aliphatic rings. The first-order valence-electron chi connectivity index (χ1n) is 4.32. The van der Waals surface area contributed by atoms with Crippen LogP contribution in [-0.2, 0) is 10.0 Å². The smallest absolute Gasteiger partial charge is 0.400 e. The standard InChI is InChI=1S/C6H12F3NO2S.CH4O/c1-2-3-4-5-10-13(11,12)6(7,8)9;1-2/h10H,2-5H2,1H3;2H,1H3. The van der Waals surface area contributed by atoms with Crippen molar-refractivity contribution >= 4 is 10.0 Å². The molecule has 15 heavy (non-hydrogen) atoms. The van der Waals surface area contributed by atoms with Crippen molar-refractivity contribution in [2.24, 2.45) is 0 Å². The Morgan fingerprint density at radius 2 is 1.67 bits per heavy atom. The monoisotopic (exact) mass is 251 g/mol. The van der Waals surface area contributed by atoms with Crippen molar-refractivity contribution < 1.29 is 26.7 Å². The van der Waals surface area contributed by atoms with E-state index in [1.54, 1.807) is 0 Å². The number of sulfonamides is 1. The van der Waals surface area contributed by atoms with Gasteiger partial charge in [-0.3, -0.25) is 0 Å². The number of hydrogen-bond donors (Lipinski definition) is 2. The molecule has 0 aromatic rings. The van der Waals surface area contributed by atoms with Crippen molar-refractivity contribution in [3.8, 4) is 0 Å². The van der Waals surface area contributed by atoms with Gasteiger partial charge in [-0.15, -0.1) is 0 Å². The van der Waals surface area contributed by atoms with Crippen LogP contribution in [0.4, 0.5) is 13.2 Å². The molecule has 0 atom stereocenters.